The summed E-state index contributed by atoms with van der Waals surface area (Å²) in [5, 5.41) is 0. The van der Waals surface area contributed by atoms with Crippen LogP contribution in [0, 0.1) is 0 Å². The maximum Gasteiger partial charge on any atom is 0.110 e. The summed E-state index contributed by atoms with van der Waals surface area (Å²) in [6, 6.07) is 0. The molecule has 0 aromatic heterocycles. The number of aliphatic imine (C=N–C) groups is 1. The van der Waals surface area contributed by atoms with Crippen molar-refractivity contribution in [1.82, 2.24) is 10.9 Å². The van der Waals surface area contributed by atoms with E-state index in [-0.39, 0.29) is 0 Å². The van der Waals surface area contributed by atoms with Crippen LogP contribution in [0.5, 0.6) is 0 Å². The van der Waals surface area contributed by atoms with E-state index in [0.717, 1.165) is 12.3 Å². The van der Waals surface area contributed by atoms with Gasteiger partial charge in [0.1, 0.15) is 5.84 Å². The van der Waals surface area contributed by atoms with Crippen LogP contribution in [0.25, 0.3) is 0 Å². The normalized spacial score (nSPS) is 11.6. The van der Waals surface area contributed by atoms with Crippen molar-refractivity contribution in [2.45, 2.75) is 13.3 Å². The predicted molar refractivity (Wildman–Crippen MR) is 35.8 cm³/mol. The Morgan fingerprint density at radius 2 is 2.25 bits per heavy atom. The molecule has 0 saturated heterocycles. The average molecular weight is 115 g/mol. The lowest BCUT2D eigenvalue weighted by Crippen LogP contribution is -2.33. The summed E-state index contributed by atoms with van der Waals surface area (Å²) in [5.41, 5.74) is 5.67. The van der Waals surface area contributed by atoms with Crippen LogP contribution in [0.15, 0.2) is 4.99 Å². The fraction of sp³-hybridized carbons (Fsp3) is 0.800. The molecule has 8 heavy (non-hydrogen) atoms. The van der Waals surface area contributed by atoms with E-state index in [1.165, 1.54) is 0 Å². The van der Waals surface area contributed by atoms with Gasteiger partial charge in [-0.05, 0) is 0 Å². The monoisotopic (exact) mass is 115 g/mol. The molecule has 0 rings (SSSR count). The van der Waals surface area contributed by atoms with E-state index in [1.807, 2.05) is 14.0 Å². The van der Waals surface area contributed by atoms with Crippen LogP contribution in [-0.2, 0) is 0 Å². The van der Waals surface area contributed by atoms with Crippen molar-refractivity contribution in [3.05, 3.63) is 0 Å². The van der Waals surface area contributed by atoms with Crippen LogP contribution in [-0.4, -0.2) is 19.9 Å². The summed E-state index contributed by atoms with van der Waals surface area (Å²) in [4.78, 5) is 3.94. The number of rotatable bonds is 2. The lowest BCUT2D eigenvalue weighted by molar-refractivity contribution is 0.753. The smallest absolute Gasteiger partial charge is 0.110 e. The SMILES string of the molecule is CCC(=NC)NNC. The van der Waals surface area contributed by atoms with Gasteiger partial charge in [0, 0.05) is 20.5 Å². The second-order valence-corrected chi connectivity index (χ2v) is 1.40. The van der Waals surface area contributed by atoms with Crippen molar-refractivity contribution < 1.29 is 0 Å². The van der Waals surface area contributed by atoms with Crippen molar-refractivity contribution in [2.75, 3.05) is 14.1 Å². The van der Waals surface area contributed by atoms with Gasteiger partial charge < -0.3 is 5.43 Å². The van der Waals surface area contributed by atoms with Crippen molar-refractivity contribution in [3.63, 3.8) is 0 Å². The highest BCUT2D eigenvalue weighted by Crippen LogP contribution is 1.75. The van der Waals surface area contributed by atoms with Crippen molar-refractivity contribution in [3.8, 4) is 0 Å². The molecule has 0 radical (unpaired) electrons. The van der Waals surface area contributed by atoms with E-state index >= 15 is 0 Å². The molecule has 3 heteroatoms. The standard InChI is InChI=1S/C5H13N3/c1-4-5(6-2)8-7-3/h7H,4H2,1-3H3,(H,6,8). The molecule has 0 spiro atoms. The van der Waals surface area contributed by atoms with Gasteiger partial charge >= 0.3 is 0 Å². The minimum absolute atomic E-state index is 0.942. The van der Waals surface area contributed by atoms with E-state index in [1.54, 1.807) is 7.05 Å². The molecule has 0 aromatic rings. The Morgan fingerprint density at radius 1 is 1.62 bits per heavy atom. The number of nitrogens with zero attached hydrogens (tertiary/aromatic N) is 1. The Morgan fingerprint density at radius 3 is 2.38 bits per heavy atom. The number of hydrogen-bond donors (Lipinski definition) is 2. The van der Waals surface area contributed by atoms with Crippen molar-refractivity contribution in [1.29, 1.82) is 0 Å². The summed E-state index contributed by atoms with van der Waals surface area (Å²) >= 11 is 0. The van der Waals surface area contributed by atoms with Crippen molar-refractivity contribution >= 4 is 5.84 Å². The molecule has 0 atom stereocenters. The third-order valence-electron chi connectivity index (χ3n) is 0.874. The molecule has 0 aliphatic rings. The first-order valence-corrected chi connectivity index (χ1v) is 2.73. The zero-order valence-electron chi connectivity index (χ0n) is 5.65. The molecule has 0 amide bonds. The summed E-state index contributed by atoms with van der Waals surface area (Å²) in [6.45, 7) is 2.05. The second-order valence-electron chi connectivity index (χ2n) is 1.40. The maximum absolute atomic E-state index is 3.94. The zero-order chi connectivity index (χ0) is 6.41. The van der Waals surface area contributed by atoms with Gasteiger partial charge in [-0.15, -0.1) is 0 Å². The first-order valence-electron chi connectivity index (χ1n) is 2.73. The lowest BCUT2D eigenvalue weighted by Gasteiger charge is -2.02. The molecule has 0 bridgehead atoms. The average Bonchev–Trinajstić information content (AvgIpc) is 1.83. The Balaban J connectivity index is 3.38. The summed E-state index contributed by atoms with van der Waals surface area (Å²) in [6.07, 6.45) is 0.942. The van der Waals surface area contributed by atoms with Crippen LogP contribution < -0.4 is 10.9 Å². The molecule has 0 saturated carbocycles. The molecule has 0 aromatic carbocycles. The second kappa shape index (κ2) is 4.59. The molecule has 0 unspecified atom stereocenters. The number of hydrazine groups is 1. The molecule has 0 fully saturated rings. The number of nitrogens with one attached hydrogen (secondary N) is 2. The third-order valence-corrected chi connectivity index (χ3v) is 0.874. The highest BCUT2D eigenvalue weighted by Gasteiger charge is 1.85. The Labute approximate surface area is 50.2 Å². The molecule has 2 N–H and O–H groups in total. The number of amidine groups is 1. The van der Waals surface area contributed by atoms with Gasteiger partial charge in [-0.25, -0.2) is 5.43 Å². The quantitative estimate of drug-likeness (QED) is 0.305. The predicted octanol–water partition coefficient (Wildman–Crippen LogP) is 0.149. The fourth-order valence-electron chi connectivity index (χ4n) is 0.447. The molecule has 0 heterocycles. The summed E-state index contributed by atoms with van der Waals surface area (Å²) in [7, 11) is 3.59. The topological polar surface area (TPSA) is 36.4 Å². The first kappa shape index (κ1) is 7.43. The van der Waals surface area contributed by atoms with Crippen molar-refractivity contribution in [2.24, 2.45) is 4.99 Å². The van der Waals surface area contributed by atoms with E-state index in [2.05, 4.69) is 15.8 Å². The molecule has 48 valence electrons. The largest absolute Gasteiger partial charge is 0.310 e. The first-order chi connectivity index (χ1) is 3.85. The van der Waals surface area contributed by atoms with Crippen LogP contribution in [0.4, 0.5) is 0 Å². The molecule has 0 aliphatic carbocycles. The zero-order valence-corrected chi connectivity index (χ0v) is 5.65. The molecule has 0 aliphatic heterocycles. The van der Waals surface area contributed by atoms with Gasteiger partial charge in [-0.1, -0.05) is 6.92 Å². The van der Waals surface area contributed by atoms with Gasteiger partial charge in [-0.3, -0.25) is 4.99 Å². The molecular weight excluding hydrogens is 102 g/mol. The van der Waals surface area contributed by atoms with E-state index in [0.29, 0.717) is 0 Å². The highest BCUT2D eigenvalue weighted by molar-refractivity contribution is 5.81. The minimum Gasteiger partial charge on any atom is -0.310 e. The minimum atomic E-state index is 0.942. The maximum atomic E-state index is 3.94. The van der Waals surface area contributed by atoms with Gasteiger partial charge in [-0.2, -0.15) is 0 Å². The fourth-order valence-corrected chi connectivity index (χ4v) is 0.447. The van der Waals surface area contributed by atoms with Crippen LogP contribution in [0.1, 0.15) is 13.3 Å². The molecular formula is C5H13N3. The van der Waals surface area contributed by atoms with Crippen LogP contribution in [0.2, 0.25) is 0 Å². The lowest BCUT2D eigenvalue weighted by atomic mass is 10.4. The summed E-state index contributed by atoms with van der Waals surface area (Å²) < 4.78 is 0. The van der Waals surface area contributed by atoms with Crippen LogP contribution in [0.3, 0.4) is 0 Å². The van der Waals surface area contributed by atoms with E-state index in [4.69, 9.17) is 0 Å². The summed E-state index contributed by atoms with van der Waals surface area (Å²) in [5.74, 6) is 0.979. The number of hydrogen-bond acceptors (Lipinski definition) is 2. The Hall–Kier alpha value is -0.570. The highest BCUT2D eigenvalue weighted by atomic mass is 15.4. The Kier molecular flexibility index (Phi) is 4.26. The molecule has 3 nitrogen and oxygen atoms in total. The van der Waals surface area contributed by atoms with Gasteiger partial charge in [0.2, 0.25) is 0 Å². The van der Waals surface area contributed by atoms with Gasteiger partial charge in [0.05, 0.1) is 0 Å². The Bertz CT molecular complexity index is 77.7. The van der Waals surface area contributed by atoms with Crippen LogP contribution >= 0.6 is 0 Å². The third kappa shape index (κ3) is 2.58. The van der Waals surface area contributed by atoms with E-state index < -0.39 is 0 Å². The van der Waals surface area contributed by atoms with Gasteiger partial charge in [0.15, 0.2) is 0 Å². The van der Waals surface area contributed by atoms with Gasteiger partial charge in [0.25, 0.3) is 0 Å². The van der Waals surface area contributed by atoms with E-state index in [9.17, 15) is 0 Å².